The highest BCUT2D eigenvalue weighted by atomic mass is 16.5. The van der Waals surface area contributed by atoms with Crippen molar-refractivity contribution in [3.8, 4) is 5.75 Å². The number of methoxy groups -OCH3 is 1. The van der Waals surface area contributed by atoms with E-state index in [0.29, 0.717) is 11.8 Å². The normalized spacial score (nSPS) is 24.3. The van der Waals surface area contributed by atoms with E-state index in [4.69, 9.17) is 4.74 Å². The van der Waals surface area contributed by atoms with Gasteiger partial charge in [0.15, 0.2) is 0 Å². The molecule has 1 aromatic carbocycles. The Hall–Kier alpha value is -1.02. The van der Waals surface area contributed by atoms with Crippen LogP contribution < -0.4 is 4.74 Å². The van der Waals surface area contributed by atoms with Crippen molar-refractivity contribution in [2.75, 3.05) is 7.11 Å². The van der Waals surface area contributed by atoms with E-state index in [-0.39, 0.29) is 6.10 Å². The number of aliphatic hydroxyl groups is 1. The van der Waals surface area contributed by atoms with Gasteiger partial charge in [0.1, 0.15) is 5.75 Å². The van der Waals surface area contributed by atoms with Crippen LogP contribution in [-0.2, 0) is 6.42 Å². The smallest absolute Gasteiger partial charge is 0.122 e. The minimum atomic E-state index is -0.338. The molecule has 2 nitrogen and oxygen atoms in total. The van der Waals surface area contributed by atoms with E-state index in [1.165, 1.54) is 5.56 Å². The second kappa shape index (κ2) is 5.09. The van der Waals surface area contributed by atoms with E-state index in [2.05, 4.69) is 13.8 Å². The molecule has 0 saturated carbocycles. The third kappa shape index (κ3) is 2.47. The van der Waals surface area contributed by atoms with Crippen LogP contribution in [0.2, 0.25) is 0 Å². The standard InChI is InChI=1S/C15H22O2/c1-10(2)11-7-8-13-12(14(16)9-11)5-4-6-15(13)17-3/h4-6,10-11,14,16H,7-9H2,1-3H3/t11-,14+/m1/s1. The summed E-state index contributed by atoms with van der Waals surface area (Å²) in [5.41, 5.74) is 2.26. The first kappa shape index (κ1) is 12.4. The first-order valence-electron chi connectivity index (χ1n) is 6.47. The van der Waals surface area contributed by atoms with Crippen LogP contribution in [0.3, 0.4) is 0 Å². The van der Waals surface area contributed by atoms with E-state index in [1.54, 1.807) is 7.11 Å². The number of ether oxygens (including phenoxy) is 1. The molecule has 0 fully saturated rings. The maximum atomic E-state index is 10.3. The molecule has 94 valence electrons. The van der Waals surface area contributed by atoms with Crippen molar-refractivity contribution in [2.24, 2.45) is 11.8 Å². The molecule has 0 radical (unpaired) electrons. The third-order valence-electron chi connectivity index (χ3n) is 3.98. The van der Waals surface area contributed by atoms with Gasteiger partial charge in [0.2, 0.25) is 0 Å². The Morgan fingerprint density at radius 2 is 2.12 bits per heavy atom. The average molecular weight is 234 g/mol. The Kier molecular flexibility index (Phi) is 3.72. The summed E-state index contributed by atoms with van der Waals surface area (Å²) >= 11 is 0. The first-order valence-corrected chi connectivity index (χ1v) is 6.47. The number of aliphatic hydroxyl groups excluding tert-OH is 1. The zero-order valence-corrected chi connectivity index (χ0v) is 10.9. The van der Waals surface area contributed by atoms with Crippen LogP contribution in [0.1, 0.15) is 43.9 Å². The van der Waals surface area contributed by atoms with E-state index >= 15 is 0 Å². The molecule has 0 aromatic heterocycles. The minimum Gasteiger partial charge on any atom is -0.496 e. The topological polar surface area (TPSA) is 29.5 Å². The van der Waals surface area contributed by atoms with Crippen LogP contribution in [0.25, 0.3) is 0 Å². The van der Waals surface area contributed by atoms with Gasteiger partial charge in [-0.15, -0.1) is 0 Å². The molecule has 1 aliphatic carbocycles. The lowest BCUT2D eigenvalue weighted by atomic mass is 9.88. The van der Waals surface area contributed by atoms with Crippen LogP contribution in [0.15, 0.2) is 18.2 Å². The Labute approximate surface area is 104 Å². The Morgan fingerprint density at radius 3 is 2.76 bits per heavy atom. The Morgan fingerprint density at radius 1 is 1.35 bits per heavy atom. The van der Waals surface area contributed by atoms with Gasteiger partial charge in [0.25, 0.3) is 0 Å². The maximum absolute atomic E-state index is 10.3. The van der Waals surface area contributed by atoms with Crippen LogP contribution in [-0.4, -0.2) is 12.2 Å². The molecule has 2 rings (SSSR count). The van der Waals surface area contributed by atoms with Crippen LogP contribution in [0.4, 0.5) is 0 Å². The molecule has 0 aliphatic heterocycles. The Balaban J connectivity index is 2.33. The molecule has 0 heterocycles. The highest BCUT2D eigenvalue weighted by Crippen LogP contribution is 2.38. The number of benzene rings is 1. The third-order valence-corrected chi connectivity index (χ3v) is 3.98. The van der Waals surface area contributed by atoms with Crippen molar-refractivity contribution in [1.29, 1.82) is 0 Å². The summed E-state index contributed by atoms with van der Waals surface area (Å²) in [4.78, 5) is 0. The second-order valence-corrected chi connectivity index (χ2v) is 5.32. The molecule has 2 heteroatoms. The second-order valence-electron chi connectivity index (χ2n) is 5.32. The first-order chi connectivity index (χ1) is 8.13. The minimum absolute atomic E-state index is 0.338. The molecule has 1 aromatic rings. The fourth-order valence-corrected chi connectivity index (χ4v) is 2.82. The molecule has 1 aliphatic rings. The van der Waals surface area contributed by atoms with Gasteiger partial charge in [0, 0.05) is 0 Å². The van der Waals surface area contributed by atoms with Crippen molar-refractivity contribution >= 4 is 0 Å². The van der Waals surface area contributed by atoms with Crippen molar-refractivity contribution in [2.45, 2.75) is 39.2 Å². The van der Waals surface area contributed by atoms with Crippen LogP contribution in [0.5, 0.6) is 5.75 Å². The average Bonchev–Trinajstić information content (AvgIpc) is 2.49. The summed E-state index contributed by atoms with van der Waals surface area (Å²) in [6, 6.07) is 5.99. The summed E-state index contributed by atoms with van der Waals surface area (Å²) in [6.07, 6.45) is 2.69. The zero-order valence-electron chi connectivity index (χ0n) is 10.9. The largest absolute Gasteiger partial charge is 0.496 e. The molecule has 1 N–H and O–H groups in total. The summed E-state index contributed by atoms with van der Waals surface area (Å²) in [7, 11) is 1.70. The monoisotopic (exact) mass is 234 g/mol. The molecule has 17 heavy (non-hydrogen) atoms. The van der Waals surface area contributed by atoms with Gasteiger partial charge < -0.3 is 9.84 Å². The van der Waals surface area contributed by atoms with Crippen molar-refractivity contribution < 1.29 is 9.84 Å². The fraction of sp³-hybridized carbons (Fsp3) is 0.600. The molecule has 0 spiro atoms. The molecule has 0 amide bonds. The van der Waals surface area contributed by atoms with Crippen LogP contribution >= 0.6 is 0 Å². The van der Waals surface area contributed by atoms with Crippen molar-refractivity contribution in [3.63, 3.8) is 0 Å². The van der Waals surface area contributed by atoms with Gasteiger partial charge in [0.05, 0.1) is 13.2 Å². The van der Waals surface area contributed by atoms with Crippen LogP contribution in [0, 0.1) is 11.8 Å². The number of hydrogen-bond donors (Lipinski definition) is 1. The van der Waals surface area contributed by atoms with Gasteiger partial charge in [-0.1, -0.05) is 26.0 Å². The summed E-state index contributed by atoms with van der Waals surface area (Å²) < 4.78 is 5.40. The molecule has 0 unspecified atom stereocenters. The Bertz CT molecular complexity index is 385. The van der Waals surface area contributed by atoms with E-state index in [0.717, 1.165) is 30.6 Å². The fourth-order valence-electron chi connectivity index (χ4n) is 2.82. The molecule has 0 saturated heterocycles. The summed E-state index contributed by atoms with van der Waals surface area (Å²) in [6.45, 7) is 4.48. The highest BCUT2D eigenvalue weighted by Gasteiger charge is 2.26. The lowest BCUT2D eigenvalue weighted by Crippen LogP contribution is -2.11. The summed E-state index contributed by atoms with van der Waals surface area (Å²) in [5, 5.41) is 10.3. The van der Waals surface area contributed by atoms with Gasteiger partial charge in [-0.3, -0.25) is 0 Å². The van der Waals surface area contributed by atoms with Gasteiger partial charge in [-0.05, 0) is 48.3 Å². The zero-order chi connectivity index (χ0) is 12.4. The summed E-state index contributed by atoms with van der Waals surface area (Å²) in [5.74, 6) is 2.15. The number of rotatable bonds is 2. The SMILES string of the molecule is COc1cccc2c1CC[C@@H](C(C)C)C[C@@H]2O. The van der Waals surface area contributed by atoms with E-state index < -0.39 is 0 Å². The maximum Gasteiger partial charge on any atom is 0.122 e. The predicted molar refractivity (Wildman–Crippen MR) is 69.2 cm³/mol. The van der Waals surface area contributed by atoms with E-state index in [9.17, 15) is 5.11 Å². The lowest BCUT2D eigenvalue weighted by Gasteiger charge is -2.20. The molecule has 2 atom stereocenters. The van der Waals surface area contributed by atoms with Crippen molar-refractivity contribution in [1.82, 2.24) is 0 Å². The van der Waals surface area contributed by atoms with Gasteiger partial charge >= 0.3 is 0 Å². The van der Waals surface area contributed by atoms with Gasteiger partial charge in [-0.25, -0.2) is 0 Å². The quantitative estimate of drug-likeness (QED) is 0.795. The molecule has 0 bridgehead atoms. The lowest BCUT2D eigenvalue weighted by molar-refractivity contribution is 0.132. The van der Waals surface area contributed by atoms with Gasteiger partial charge in [-0.2, -0.15) is 0 Å². The van der Waals surface area contributed by atoms with Crippen molar-refractivity contribution in [3.05, 3.63) is 29.3 Å². The molecular formula is C15H22O2. The number of hydrogen-bond acceptors (Lipinski definition) is 2. The van der Waals surface area contributed by atoms with E-state index in [1.807, 2.05) is 18.2 Å². The highest BCUT2D eigenvalue weighted by molar-refractivity contribution is 5.42. The number of fused-ring (bicyclic) bond motifs is 1. The molecular weight excluding hydrogens is 212 g/mol. The predicted octanol–water partition coefficient (Wildman–Crippen LogP) is 3.34.